The van der Waals surface area contributed by atoms with Gasteiger partial charge in [-0.25, -0.2) is 13.5 Å². The third-order valence-electron chi connectivity index (χ3n) is 6.45. The lowest BCUT2D eigenvalue weighted by Gasteiger charge is -2.35. The molecule has 0 amide bonds. The number of ether oxygens (including phenoxy) is 1. The number of hydrogen-bond donors (Lipinski definition) is 1. The van der Waals surface area contributed by atoms with Crippen LogP contribution in [0.3, 0.4) is 0 Å². The fourth-order valence-electron chi connectivity index (χ4n) is 4.14. The van der Waals surface area contributed by atoms with Crippen LogP contribution in [0.25, 0.3) is 0 Å². The van der Waals surface area contributed by atoms with Gasteiger partial charge in [0.05, 0.1) is 18.2 Å². The number of hydrogen-bond acceptors (Lipinski definition) is 7. The Hall–Kier alpha value is -5.59. The first-order valence-electron chi connectivity index (χ1n) is 12.6. The summed E-state index contributed by atoms with van der Waals surface area (Å²) in [4.78, 5) is 3.79. The average Bonchev–Trinajstić information content (AvgIpc) is 3.54. The summed E-state index contributed by atoms with van der Waals surface area (Å²) in [5.41, 5.74) is -2.81. The smallest absolute Gasteiger partial charge is 0.323 e. The van der Waals surface area contributed by atoms with Crippen molar-refractivity contribution in [2.75, 3.05) is 0 Å². The maximum atomic E-state index is 15.9. The molecule has 3 aromatic carbocycles. The number of nitriles is 1. The van der Waals surface area contributed by atoms with Gasteiger partial charge in [-0.3, -0.25) is 4.98 Å². The van der Waals surface area contributed by atoms with Crippen LogP contribution in [-0.2, 0) is 24.7 Å². The van der Waals surface area contributed by atoms with Crippen LogP contribution >= 0.6 is 0 Å². The van der Waals surface area contributed by atoms with Crippen LogP contribution in [0.15, 0.2) is 91.4 Å². The van der Waals surface area contributed by atoms with E-state index in [1.165, 1.54) is 6.07 Å². The minimum Gasteiger partial charge on any atom is -0.489 e. The molecule has 0 aliphatic heterocycles. The van der Waals surface area contributed by atoms with Crippen LogP contribution in [0.2, 0.25) is 0 Å². The molecule has 0 aliphatic carbocycles. The van der Waals surface area contributed by atoms with Crippen LogP contribution in [0.1, 0.15) is 33.5 Å². The van der Waals surface area contributed by atoms with Gasteiger partial charge in [-0.15, -0.1) is 5.10 Å². The highest BCUT2D eigenvalue weighted by Gasteiger charge is 2.58. The summed E-state index contributed by atoms with van der Waals surface area (Å²) in [5, 5.41) is 30.3. The van der Waals surface area contributed by atoms with Gasteiger partial charge in [0.1, 0.15) is 36.0 Å². The summed E-state index contributed by atoms with van der Waals surface area (Å²) < 4.78 is 66.9. The van der Waals surface area contributed by atoms with E-state index in [2.05, 4.69) is 38.4 Å². The Labute approximate surface area is 242 Å². The van der Waals surface area contributed by atoms with Crippen LogP contribution in [-0.4, -0.2) is 30.3 Å². The summed E-state index contributed by atoms with van der Waals surface area (Å²) in [5.74, 6) is -0.152. The molecule has 5 rings (SSSR count). The van der Waals surface area contributed by atoms with Crippen molar-refractivity contribution in [3.05, 3.63) is 137 Å². The van der Waals surface area contributed by atoms with Crippen molar-refractivity contribution in [1.29, 1.82) is 5.26 Å². The summed E-state index contributed by atoms with van der Waals surface area (Å²) in [6.07, 6.45) is 2.04. The van der Waals surface area contributed by atoms with Gasteiger partial charge in [-0.05, 0) is 82.7 Å². The quantitative estimate of drug-likeness (QED) is 0.205. The molecule has 2 heterocycles. The van der Waals surface area contributed by atoms with E-state index >= 15 is 8.78 Å². The zero-order valence-electron chi connectivity index (χ0n) is 22.1. The molecule has 1 atom stereocenters. The number of nitrogens with zero attached hydrogens (tertiary/aromatic N) is 6. The van der Waals surface area contributed by atoms with Crippen molar-refractivity contribution in [2.24, 2.45) is 0 Å². The van der Waals surface area contributed by atoms with E-state index in [0.29, 0.717) is 41.2 Å². The van der Waals surface area contributed by atoms with Crippen LogP contribution in [0.4, 0.5) is 17.6 Å². The number of tetrazole rings is 1. The molecule has 0 saturated heterocycles. The molecule has 2 aromatic heterocycles. The number of pyridine rings is 1. The number of aliphatic hydroxyl groups is 1. The Kier molecular flexibility index (Phi) is 8.14. The Balaban J connectivity index is 1.32. The second kappa shape index (κ2) is 12.1. The van der Waals surface area contributed by atoms with Gasteiger partial charge in [0, 0.05) is 22.9 Å². The number of rotatable bonds is 8. The minimum atomic E-state index is -4.22. The first-order valence-corrected chi connectivity index (χ1v) is 12.6. The van der Waals surface area contributed by atoms with Gasteiger partial charge >= 0.3 is 5.92 Å². The van der Waals surface area contributed by atoms with Crippen molar-refractivity contribution < 1.29 is 27.4 Å². The molecule has 1 N–H and O–H groups in total. The molecule has 5 aromatic rings. The molecule has 0 bridgehead atoms. The molecular formula is C31H20F4N6O2. The highest BCUT2D eigenvalue weighted by molar-refractivity contribution is 5.44. The molecule has 0 saturated carbocycles. The number of halogens is 4. The van der Waals surface area contributed by atoms with Gasteiger partial charge in [-0.1, -0.05) is 24.0 Å². The fourth-order valence-corrected chi connectivity index (χ4v) is 4.14. The predicted octanol–water partition coefficient (Wildman–Crippen LogP) is 4.88. The van der Waals surface area contributed by atoms with E-state index in [0.717, 1.165) is 34.9 Å². The molecule has 0 aliphatic rings. The van der Waals surface area contributed by atoms with Gasteiger partial charge < -0.3 is 9.84 Å². The topological polar surface area (TPSA) is 110 Å². The summed E-state index contributed by atoms with van der Waals surface area (Å²) in [6, 6.07) is 20.1. The van der Waals surface area contributed by atoms with Gasteiger partial charge in [-0.2, -0.15) is 14.0 Å². The standard InChI is InChI=1S/C31H20F4N6O2/c32-25-10-13-28(33)27(15-25)30(42,19-41-20-38-39-40-41)31(34,35)29-14-9-23(17-37-29)4-1-21-7-11-26(12-8-21)43-18-24-5-2-22(16-36)3-6-24/h2-3,5-15,17,20,42H,18-19H2. The second-order valence-corrected chi connectivity index (χ2v) is 9.37. The van der Waals surface area contributed by atoms with Crippen molar-refractivity contribution in [2.45, 2.75) is 24.7 Å². The Morgan fingerprint density at radius 2 is 1.58 bits per heavy atom. The van der Waals surface area contributed by atoms with E-state index in [1.54, 1.807) is 36.4 Å². The van der Waals surface area contributed by atoms with Gasteiger partial charge in [0.15, 0.2) is 5.60 Å². The monoisotopic (exact) mass is 584 g/mol. The lowest BCUT2D eigenvalue weighted by Crippen LogP contribution is -2.48. The number of aromatic nitrogens is 5. The van der Waals surface area contributed by atoms with E-state index < -0.39 is 41.0 Å². The van der Waals surface area contributed by atoms with Crippen molar-refractivity contribution >= 4 is 0 Å². The molecule has 0 spiro atoms. The zero-order valence-corrected chi connectivity index (χ0v) is 22.1. The highest BCUT2D eigenvalue weighted by atomic mass is 19.3. The van der Waals surface area contributed by atoms with Crippen LogP contribution in [0.5, 0.6) is 5.75 Å². The van der Waals surface area contributed by atoms with E-state index in [1.807, 2.05) is 12.1 Å². The molecule has 1 unspecified atom stereocenters. The van der Waals surface area contributed by atoms with Gasteiger partial charge in [0.25, 0.3) is 0 Å². The molecule has 8 nitrogen and oxygen atoms in total. The van der Waals surface area contributed by atoms with E-state index in [4.69, 9.17) is 10.00 Å². The van der Waals surface area contributed by atoms with Gasteiger partial charge in [0.2, 0.25) is 0 Å². The molecule has 214 valence electrons. The van der Waals surface area contributed by atoms with Crippen molar-refractivity contribution in [3.8, 4) is 23.7 Å². The number of benzene rings is 3. The maximum Gasteiger partial charge on any atom is 0.323 e. The first kappa shape index (κ1) is 28.9. The molecule has 43 heavy (non-hydrogen) atoms. The molecule has 12 heteroatoms. The Bertz CT molecular complexity index is 1810. The summed E-state index contributed by atoms with van der Waals surface area (Å²) in [7, 11) is 0. The highest BCUT2D eigenvalue weighted by Crippen LogP contribution is 2.46. The van der Waals surface area contributed by atoms with E-state index in [9.17, 15) is 13.9 Å². The second-order valence-electron chi connectivity index (χ2n) is 9.37. The Morgan fingerprint density at radius 3 is 2.23 bits per heavy atom. The number of alkyl halides is 2. The normalized spacial score (nSPS) is 12.5. The summed E-state index contributed by atoms with van der Waals surface area (Å²) >= 11 is 0. The zero-order chi connectivity index (χ0) is 30.5. The predicted molar refractivity (Wildman–Crippen MR) is 144 cm³/mol. The third kappa shape index (κ3) is 6.35. The Morgan fingerprint density at radius 1 is 0.884 bits per heavy atom. The maximum absolute atomic E-state index is 15.9. The molecule has 0 radical (unpaired) electrons. The lowest BCUT2D eigenvalue weighted by atomic mass is 9.84. The van der Waals surface area contributed by atoms with E-state index in [-0.39, 0.29) is 0 Å². The van der Waals surface area contributed by atoms with Crippen molar-refractivity contribution in [1.82, 2.24) is 25.2 Å². The lowest BCUT2D eigenvalue weighted by molar-refractivity contribution is -0.207. The molecular weight excluding hydrogens is 564 g/mol. The third-order valence-corrected chi connectivity index (χ3v) is 6.45. The van der Waals surface area contributed by atoms with Crippen molar-refractivity contribution in [3.63, 3.8) is 0 Å². The largest absolute Gasteiger partial charge is 0.489 e. The van der Waals surface area contributed by atoms with Crippen LogP contribution in [0, 0.1) is 34.8 Å². The summed E-state index contributed by atoms with van der Waals surface area (Å²) in [6.45, 7) is -0.681. The average molecular weight is 585 g/mol. The van der Waals surface area contributed by atoms with Crippen LogP contribution < -0.4 is 4.74 Å². The minimum absolute atomic E-state index is 0.293. The molecule has 0 fully saturated rings. The first-order chi connectivity index (χ1) is 20.7. The fraction of sp³-hybridized carbons (Fsp3) is 0.129. The SMILES string of the molecule is N#Cc1ccc(COc2ccc(C#Cc3ccc(C(F)(F)C(O)(Cn4cnnn4)c4cc(F)ccc4F)nc3)cc2)cc1.